The molecule has 1 fully saturated rings. The van der Waals surface area contributed by atoms with Crippen LogP contribution in [0.25, 0.3) is 11.2 Å². The van der Waals surface area contributed by atoms with E-state index in [1.807, 2.05) is 0 Å². The van der Waals surface area contributed by atoms with Gasteiger partial charge in [-0.2, -0.15) is 4.98 Å². The third-order valence-corrected chi connectivity index (χ3v) is 10.2. The summed E-state index contributed by atoms with van der Waals surface area (Å²) in [5.41, 5.74) is 6.09. The van der Waals surface area contributed by atoms with Crippen molar-refractivity contribution in [2.75, 3.05) is 23.3 Å². The normalized spacial score (nSPS) is 15.3. The Hall–Kier alpha value is -6.78. The summed E-state index contributed by atoms with van der Waals surface area (Å²) < 4.78 is 0. The Morgan fingerprint density at radius 2 is 1.61 bits per heavy atom. The van der Waals surface area contributed by atoms with Gasteiger partial charge >= 0.3 is 17.9 Å². The van der Waals surface area contributed by atoms with Crippen LogP contribution in [0.3, 0.4) is 0 Å². The molecule has 3 aromatic rings. The maximum Gasteiger partial charge on any atom is 0.327 e. The Morgan fingerprint density at radius 1 is 0.915 bits per heavy atom. The molecule has 314 valence electrons. The Morgan fingerprint density at radius 3 is 2.25 bits per heavy atom. The van der Waals surface area contributed by atoms with Crippen molar-refractivity contribution < 1.29 is 58.5 Å². The molecule has 0 saturated carbocycles. The van der Waals surface area contributed by atoms with E-state index in [9.17, 15) is 63.3 Å². The number of nitrogens with two attached hydrogens (primary N) is 1. The number of thioether (sulfide) groups is 1. The zero-order valence-corrected chi connectivity index (χ0v) is 32.3. The molecule has 4 amide bonds. The number of carboxylic acid groups (broad SMARTS) is 3. The number of nitrogen functional groups attached to an aromatic ring is 1. The van der Waals surface area contributed by atoms with E-state index >= 15 is 0 Å². The van der Waals surface area contributed by atoms with Crippen LogP contribution in [0.5, 0.6) is 0 Å². The zero-order chi connectivity index (χ0) is 43.4. The first kappa shape index (κ1) is 44.9. The molecule has 1 aromatic carbocycles. The van der Waals surface area contributed by atoms with Crippen molar-refractivity contribution in [3.63, 3.8) is 0 Å². The molecule has 1 aliphatic rings. The number of imide groups is 1. The maximum absolute atomic E-state index is 12.9. The number of hydrogen-bond donors (Lipinski definition) is 8. The van der Waals surface area contributed by atoms with Gasteiger partial charge in [0, 0.05) is 55.7 Å². The number of aromatic amines is 1. The van der Waals surface area contributed by atoms with Crippen LogP contribution in [0.15, 0.2) is 35.3 Å². The van der Waals surface area contributed by atoms with Crippen LogP contribution < -0.4 is 27.2 Å². The van der Waals surface area contributed by atoms with Crippen molar-refractivity contribution in [2.24, 2.45) is 5.92 Å². The van der Waals surface area contributed by atoms with Crippen molar-refractivity contribution in [3.05, 3.63) is 52.1 Å². The topological polar surface area (TPSA) is 351 Å². The van der Waals surface area contributed by atoms with E-state index < -0.39 is 95.4 Å². The van der Waals surface area contributed by atoms with Gasteiger partial charge in [-0.15, -0.1) is 11.8 Å². The lowest BCUT2D eigenvalue weighted by molar-refractivity contribution is -0.145. The van der Waals surface area contributed by atoms with Gasteiger partial charge in [-0.1, -0.05) is 0 Å². The number of hydrogen-bond acceptors (Lipinski definition) is 16. The van der Waals surface area contributed by atoms with Gasteiger partial charge in [-0.3, -0.25) is 48.2 Å². The number of benzene rings is 1. The summed E-state index contributed by atoms with van der Waals surface area (Å²) >= 11 is 0.846. The van der Waals surface area contributed by atoms with Crippen LogP contribution in [-0.2, 0) is 44.9 Å². The summed E-state index contributed by atoms with van der Waals surface area (Å²) in [6.45, 7) is 1.37. The number of anilines is 2. The first-order valence-electron chi connectivity index (χ1n) is 18.0. The first-order valence-corrected chi connectivity index (χ1v) is 19.1. The lowest BCUT2D eigenvalue weighted by atomic mass is 9.94. The fraction of sp³-hybridized carbons (Fsp3) is 0.417. The van der Waals surface area contributed by atoms with Crippen molar-refractivity contribution in [3.8, 4) is 0 Å². The van der Waals surface area contributed by atoms with Crippen molar-refractivity contribution in [1.82, 2.24) is 35.5 Å². The average Bonchev–Trinajstić information content (AvgIpc) is 3.45. The summed E-state index contributed by atoms with van der Waals surface area (Å²) in [5.74, 6) is -9.59. The number of ketones is 2. The van der Waals surface area contributed by atoms with Gasteiger partial charge in [-0.25, -0.2) is 19.6 Å². The van der Waals surface area contributed by atoms with Gasteiger partial charge in [0.25, 0.3) is 11.5 Å². The fourth-order valence-corrected chi connectivity index (χ4v) is 6.91. The highest BCUT2D eigenvalue weighted by Gasteiger charge is 2.39. The van der Waals surface area contributed by atoms with Crippen LogP contribution in [0, 0.1) is 5.92 Å². The minimum atomic E-state index is -1.51. The number of nitrogens with zero attached hydrogens (tertiary/aromatic N) is 4. The number of amides is 4. The summed E-state index contributed by atoms with van der Waals surface area (Å²) in [6.07, 6.45) is -1.01. The largest absolute Gasteiger partial charge is 0.481 e. The summed E-state index contributed by atoms with van der Waals surface area (Å²) in [7, 11) is 0. The lowest BCUT2D eigenvalue weighted by Crippen LogP contribution is -2.43. The lowest BCUT2D eigenvalue weighted by Gasteiger charge is -2.18. The number of fused-ring (bicyclic) bond motifs is 1. The second-order valence-corrected chi connectivity index (χ2v) is 14.7. The van der Waals surface area contributed by atoms with E-state index in [0.717, 1.165) is 16.7 Å². The van der Waals surface area contributed by atoms with E-state index in [1.54, 1.807) is 12.1 Å². The smallest absolute Gasteiger partial charge is 0.327 e. The maximum atomic E-state index is 12.9. The molecule has 0 spiro atoms. The van der Waals surface area contributed by atoms with Gasteiger partial charge in [0.05, 0.1) is 29.6 Å². The second-order valence-electron chi connectivity index (χ2n) is 13.5. The number of aliphatic carboxylic acids is 3. The van der Waals surface area contributed by atoms with Crippen LogP contribution in [0.4, 0.5) is 11.6 Å². The molecule has 59 heavy (non-hydrogen) atoms. The third-order valence-electron chi connectivity index (χ3n) is 8.95. The molecule has 1 aliphatic heterocycles. The van der Waals surface area contributed by atoms with Crippen molar-refractivity contribution >= 4 is 87.7 Å². The van der Waals surface area contributed by atoms with E-state index in [4.69, 9.17) is 5.73 Å². The average molecular weight is 840 g/mol. The molecular formula is C36H41N9O13S. The Bertz CT molecular complexity index is 2200. The van der Waals surface area contributed by atoms with Gasteiger partial charge < -0.3 is 37.0 Å². The fourth-order valence-electron chi connectivity index (χ4n) is 5.73. The highest BCUT2D eigenvalue weighted by atomic mass is 32.2. The molecule has 4 rings (SSSR count). The quantitative estimate of drug-likeness (QED) is 0.0569. The van der Waals surface area contributed by atoms with E-state index in [2.05, 4.69) is 35.9 Å². The molecule has 3 heterocycles. The summed E-state index contributed by atoms with van der Waals surface area (Å²) in [4.78, 5) is 137. The van der Waals surface area contributed by atoms with Gasteiger partial charge in [0.1, 0.15) is 23.7 Å². The van der Waals surface area contributed by atoms with Crippen LogP contribution in [0.1, 0.15) is 67.9 Å². The highest BCUT2D eigenvalue weighted by molar-refractivity contribution is 8.00. The predicted octanol–water partition coefficient (Wildman–Crippen LogP) is -0.280. The molecule has 9 N–H and O–H groups in total. The van der Waals surface area contributed by atoms with Crippen LogP contribution >= 0.6 is 11.8 Å². The second kappa shape index (κ2) is 20.6. The number of H-pyrrole nitrogens is 1. The monoisotopic (exact) mass is 839 g/mol. The number of aromatic nitrogens is 4. The number of carbonyl (C=O) groups excluding carboxylic acids is 6. The number of rotatable bonds is 23. The Balaban J connectivity index is 1.21. The first-order chi connectivity index (χ1) is 27.9. The number of carbonyl (C=O) groups is 9. The predicted molar refractivity (Wildman–Crippen MR) is 207 cm³/mol. The molecule has 2 aromatic heterocycles. The van der Waals surface area contributed by atoms with Gasteiger partial charge in [0.2, 0.25) is 23.7 Å². The standard InChI is InChI=1S/C36H41N9O13S/c1-17(46)10-11-45-27(49)13-25(32(45)52)59-16-24(35(57)58)41-26(48)9-4-19(33(53)54)12-22(47)7-8-23(34(55)56)42-30(50)18-2-5-20(6-3-18)38-14-21-15-39-29-28(40-21)31(51)44-36(37)43-29/h2-3,5-6,15,19,23-25,38H,4,7-14,16H2,1H3,(H,41,48)(H,42,50)(H,53,54)(H,55,56)(H,57,58)(H3,37,39,43,44,51). The SMILES string of the molecule is CC(=O)CCN1C(=O)CC(SCC(NC(=O)CCC(CC(=O)CCC(NC(=O)c2ccc(NCc3cnc4nc(N)[nH]c(=O)c4n3)cc2)C(=O)O)C(=O)O)C(=O)O)C1=O. The zero-order valence-electron chi connectivity index (χ0n) is 31.5. The van der Waals surface area contributed by atoms with E-state index in [0.29, 0.717) is 11.4 Å². The van der Waals surface area contributed by atoms with Gasteiger partial charge in [0.15, 0.2) is 11.2 Å². The molecule has 0 radical (unpaired) electrons. The van der Waals surface area contributed by atoms with Crippen molar-refractivity contribution in [2.45, 2.75) is 75.7 Å². The minimum Gasteiger partial charge on any atom is -0.481 e. The van der Waals surface area contributed by atoms with E-state index in [1.165, 1.54) is 25.3 Å². The number of likely N-dealkylation sites (tertiary alicyclic amines) is 1. The van der Waals surface area contributed by atoms with Crippen LogP contribution in [-0.4, -0.2) is 123 Å². The van der Waals surface area contributed by atoms with E-state index in [-0.39, 0.29) is 73.0 Å². The summed E-state index contributed by atoms with van der Waals surface area (Å²) in [6, 6.07) is 2.92. The number of carboxylic acids is 3. The molecular weight excluding hydrogens is 799 g/mol. The minimum absolute atomic E-state index is 0.000450. The number of Topliss-reactive ketones (excluding diaryl/α,β-unsaturated/α-hetero) is 2. The molecule has 22 nitrogen and oxygen atoms in total. The van der Waals surface area contributed by atoms with Gasteiger partial charge in [-0.05, 0) is 44.0 Å². The van der Waals surface area contributed by atoms with Crippen LogP contribution in [0.2, 0.25) is 0 Å². The summed E-state index contributed by atoms with van der Waals surface area (Å²) in [5, 5.41) is 35.7. The molecule has 1 saturated heterocycles. The molecule has 0 aliphatic carbocycles. The molecule has 4 atom stereocenters. The Labute approximate surface area is 338 Å². The molecule has 4 unspecified atom stereocenters. The Kier molecular flexibility index (Phi) is 15.7. The highest BCUT2D eigenvalue weighted by Crippen LogP contribution is 2.26. The van der Waals surface area contributed by atoms with Crippen molar-refractivity contribution in [1.29, 1.82) is 0 Å². The third kappa shape index (κ3) is 13.1. The molecule has 23 heteroatoms. The molecule has 0 bridgehead atoms. The number of nitrogens with one attached hydrogen (secondary N) is 4.